The number of ether oxygens (including phenoxy) is 1. The summed E-state index contributed by atoms with van der Waals surface area (Å²) in [4.78, 5) is 0. The van der Waals surface area contributed by atoms with E-state index in [2.05, 4.69) is 0 Å². The molecule has 1 aliphatic carbocycles. The summed E-state index contributed by atoms with van der Waals surface area (Å²) in [6.45, 7) is 1.80. The number of hydrogen-bond acceptors (Lipinski definition) is 2. The first-order valence-corrected chi connectivity index (χ1v) is 6.46. The molecule has 1 aromatic carbocycles. The predicted molar refractivity (Wildman–Crippen MR) is 66.6 cm³/mol. The van der Waals surface area contributed by atoms with Crippen molar-refractivity contribution in [3.05, 3.63) is 29.3 Å². The number of rotatable bonds is 4. The van der Waals surface area contributed by atoms with E-state index in [0.717, 1.165) is 25.7 Å². The van der Waals surface area contributed by atoms with Crippen LogP contribution in [0, 0.1) is 11.6 Å². The van der Waals surface area contributed by atoms with Crippen LogP contribution < -0.4 is 10.5 Å². The molecule has 2 nitrogen and oxygen atoms in total. The zero-order valence-corrected chi connectivity index (χ0v) is 10.6. The summed E-state index contributed by atoms with van der Waals surface area (Å²) >= 11 is 0. The highest BCUT2D eigenvalue weighted by Gasteiger charge is 2.21. The first-order valence-electron chi connectivity index (χ1n) is 6.46. The topological polar surface area (TPSA) is 35.2 Å². The molecule has 1 atom stereocenters. The van der Waals surface area contributed by atoms with Crippen molar-refractivity contribution in [2.75, 3.05) is 0 Å². The molecule has 1 saturated carbocycles. The van der Waals surface area contributed by atoms with Gasteiger partial charge in [-0.05, 0) is 56.7 Å². The summed E-state index contributed by atoms with van der Waals surface area (Å²) in [6.07, 6.45) is 4.29. The van der Waals surface area contributed by atoms with Gasteiger partial charge in [0, 0.05) is 6.04 Å². The normalized spacial score (nSPS) is 18.0. The molecule has 0 spiro atoms. The van der Waals surface area contributed by atoms with Crippen LogP contribution in [0.1, 0.15) is 38.2 Å². The molecule has 0 amide bonds. The fourth-order valence-electron chi connectivity index (χ4n) is 2.39. The van der Waals surface area contributed by atoms with Crippen LogP contribution >= 0.6 is 0 Å². The first-order chi connectivity index (χ1) is 8.56. The largest absolute Gasteiger partial charge is 0.484 e. The predicted octanol–water partition coefficient (Wildman–Crippen LogP) is 3.18. The van der Waals surface area contributed by atoms with Crippen molar-refractivity contribution in [2.24, 2.45) is 5.73 Å². The lowest BCUT2D eigenvalue weighted by Crippen LogP contribution is -2.18. The fraction of sp³-hybridized carbons (Fsp3) is 0.571. The Hall–Kier alpha value is -1.16. The third-order valence-electron chi connectivity index (χ3n) is 3.20. The van der Waals surface area contributed by atoms with Crippen molar-refractivity contribution in [1.29, 1.82) is 0 Å². The Bertz CT molecular complexity index is 391. The quantitative estimate of drug-likeness (QED) is 0.896. The summed E-state index contributed by atoms with van der Waals surface area (Å²) in [5.41, 5.74) is 6.19. The van der Waals surface area contributed by atoms with Crippen molar-refractivity contribution < 1.29 is 13.5 Å². The average Bonchev–Trinajstić information content (AvgIpc) is 2.75. The van der Waals surface area contributed by atoms with Crippen LogP contribution in [-0.2, 0) is 6.42 Å². The second-order valence-electron chi connectivity index (χ2n) is 5.09. The summed E-state index contributed by atoms with van der Waals surface area (Å²) < 4.78 is 33.0. The summed E-state index contributed by atoms with van der Waals surface area (Å²) in [5.74, 6) is -1.49. The fourth-order valence-corrected chi connectivity index (χ4v) is 2.39. The molecule has 0 saturated heterocycles. The lowest BCUT2D eigenvalue weighted by atomic mass is 10.1. The van der Waals surface area contributed by atoms with Gasteiger partial charge in [-0.1, -0.05) is 0 Å². The van der Waals surface area contributed by atoms with Gasteiger partial charge in [-0.25, -0.2) is 8.78 Å². The van der Waals surface area contributed by atoms with E-state index < -0.39 is 11.6 Å². The van der Waals surface area contributed by atoms with Crippen molar-refractivity contribution in [3.63, 3.8) is 0 Å². The van der Waals surface area contributed by atoms with Crippen LogP contribution in [0.2, 0.25) is 0 Å². The standard InChI is InChI=1S/C14H19F2NO/c1-9(17)6-10-7-12(15)14(13(16)8-10)18-11-4-2-3-5-11/h7-9,11H,2-6,17H2,1H3. The second-order valence-corrected chi connectivity index (χ2v) is 5.09. The molecular weight excluding hydrogens is 236 g/mol. The molecule has 1 aliphatic rings. The van der Waals surface area contributed by atoms with Gasteiger partial charge in [-0.2, -0.15) is 0 Å². The third kappa shape index (κ3) is 3.19. The molecule has 100 valence electrons. The van der Waals surface area contributed by atoms with E-state index in [9.17, 15) is 8.78 Å². The molecule has 2 N–H and O–H groups in total. The van der Waals surface area contributed by atoms with Gasteiger partial charge in [0.15, 0.2) is 17.4 Å². The molecule has 0 aliphatic heterocycles. The molecule has 18 heavy (non-hydrogen) atoms. The van der Waals surface area contributed by atoms with Gasteiger partial charge in [-0.3, -0.25) is 0 Å². The number of benzene rings is 1. The first kappa shape index (κ1) is 13.3. The zero-order chi connectivity index (χ0) is 13.1. The second kappa shape index (κ2) is 5.65. The van der Waals surface area contributed by atoms with Gasteiger partial charge >= 0.3 is 0 Å². The minimum absolute atomic E-state index is 0.0479. The Morgan fingerprint density at radius 3 is 2.33 bits per heavy atom. The van der Waals surface area contributed by atoms with Gasteiger partial charge in [0.2, 0.25) is 0 Å². The van der Waals surface area contributed by atoms with Gasteiger partial charge in [-0.15, -0.1) is 0 Å². The minimum Gasteiger partial charge on any atom is -0.484 e. The lowest BCUT2D eigenvalue weighted by Gasteiger charge is -2.15. The van der Waals surface area contributed by atoms with Crippen LogP contribution in [0.15, 0.2) is 12.1 Å². The van der Waals surface area contributed by atoms with Crippen LogP contribution in [-0.4, -0.2) is 12.1 Å². The monoisotopic (exact) mass is 255 g/mol. The highest BCUT2D eigenvalue weighted by molar-refractivity contribution is 5.32. The Kier molecular flexibility index (Phi) is 4.17. The van der Waals surface area contributed by atoms with E-state index in [1.165, 1.54) is 12.1 Å². The number of halogens is 2. The molecular formula is C14H19F2NO. The van der Waals surface area contributed by atoms with Gasteiger partial charge in [0.1, 0.15) is 0 Å². The molecule has 0 bridgehead atoms. The van der Waals surface area contributed by atoms with E-state index in [1.807, 2.05) is 0 Å². The summed E-state index contributed by atoms with van der Waals surface area (Å²) in [7, 11) is 0. The Balaban J connectivity index is 2.15. The lowest BCUT2D eigenvalue weighted by molar-refractivity contribution is 0.191. The molecule has 1 aromatic rings. The maximum Gasteiger partial charge on any atom is 0.191 e. The van der Waals surface area contributed by atoms with Gasteiger partial charge in [0.25, 0.3) is 0 Å². The van der Waals surface area contributed by atoms with E-state index >= 15 is 0 Å². The molecule has 4 heteroatoms. The SMILES string of the molecule is CC(N)Cc1cc(F)c(OC2CCCC2)c(F)c1. The van der Waals surface area contributed by atoms with Crippen molar-refractivity contribution >= 4 is 0 Å². The Morgan fingerprint density at radius 2 is 1.83 bits per heavy atom. The molecule has 0 radical (unpaired) electrons. The van der Waals surface area contributed by atoms with Gasteiger partial charge in [0.05, 0.1) is 6.10 Å². The van der Waals surface area contributed by atoms with Crippen molar-refractivity contribution in [1.82, 2.24) is 0 Å². The van der Waals surface area contributed by atoms with Crippen LogP contribution in [0.5, 0.6) is 5.75 Å². The van der Waals surface area contributed by atoms with E-state index in [1.54, 1.807) is 6.92 Å². The summed E-state index contributed by atoms with van der Waals surface area (Å²) in [6, 6.07) is 2.51. The molecule has 0 aromatic heterocycles. The number of nitrogens with two attached hydrogens (primary N) is 1. The highest BCUT2D eigenvalue weighted by atomic mass is 19.1. The smallest absolute Gasteiger partial charge is 0.191 e. The van der Waals surface area contributed by atoms with Crippen LogP contribution in [0.3, 0.4) is 0 Å². The van der Waals surface area contributed by atoms with Crippen molar-refractivity contribution in [3.8, 4) is 5.75 Å². The van der Waals surface area contributed by atoms with E-state index in [-0.39, 0.29) is 17.9 Å². The van der Waals surface area contributed by atoms with Crippen LogP contribution in [0.25, 0.3) is 0 Å². The third-order valence-corrected chi connectivity index (χ3v) is 3.20. The molecule has 1 unspecified atom stereocenters. The zero-order valence-electron chi connectivity index (χ0n) is 10.6. The van der Waals surface area contributed by atoms with Gasteiger partial charge < -0.3 is 10.5 Å². The maximum absolute atomic E-state index is 13.8. The molecule has 1 fully saturated rings. The van der Waals surface area contributed by atoms with E-state index in [0.29, 0.717) is 12.0 Å². The molecule has 2 rings (SSSR count). The highest BCUT2D eigenvalue weighted by Crippen LogP contribution is 2.29. The minimum atomic E-state index is -0.627. The van der Waals surface area contributed by atoms with Crippen molar-refractivity contribution in [2.45, 2.75) is 51.2 Å². The Labute approximate surface area is 106 Å². The molecule has 0 heterocycles. The average molecular weight is 255 g/mol. The van der Waals surface area contributed by atoms with Crippen LogP contribution in [0.4, 0.5) is 8.78 Å². The maximum atomic E-state index is 13.8. The van der Waals surface area contributed by atoms with E-state index in [4.69, 9.17) is 10.5 Å². The summed E-state index contributed by atoms with van der Waals surface area (Å²) in [5, 5.41) is 0. The number of hydrogen-bond donors (Lipinski definition) is 1. The Morgan fingerprint density at radius 1 is 1.28 bits per heavy atom.